The second-order valence-corrected chi connectivity index (χ2v) is 5.99. The van der Waals surface area contributed by atoms with Gasteiger partial charge in [-0.25, -0.2) is 0 Å². The van der Waals surface area contributed by atoms with Crippen molar-refractivity contribution in [1.82, 2.24) is 10.3 Å². The Bertz CT molecular complexity index is 568. The smallest absolute Gasteiger partial charge is 0.0570 e. The number of hydrogen-bond donors (Lipinski definition) is 1. The Balaban J connectivity index is 1.76. The number of aromatic nitrogens is 1. The number of nitrogens with zero attached hydrogens (tertiary/aromatic N) is 1. The summed E-state index contributed by atoms with van der Waals surface area (Å²) in [6.07, 6.45) is 4.18. The number of fused-ring (bicyclic) bond motifs is 1. The quantitative estimate of drug-likeness (QED) is 0.918. The SMILES string of the molecule is CC(NC1CCc2cc(Br)ccc21)c1ccccn1. The molecule has 1 aliphatic carbocycles. The van der Waals surface area contributed by atoms with Crippen LogP contribution in [-0.4, -0.2) is 4.98 Å². The van der Waals surface area contributed by atoms with E-state index < -0.39 is 0 Å². The third-order valence-corrected chi connectivity index (χ3v) is 4.26. The van der Waals surface area contributed by atoms with Gasteiger partial charge in [-0.05, 0) is 55.2 Å². The maximum atomic E-state index is 4.42. The number of rotatable bonds is 3. The lowest BCUT2D eigenvalue weighted by Crippen LogP contribution is -2.23. The molecular formula is C16H17BrN2. The highest BCUT2D eigenvalue weighted by Crippen LogP contribution is 2.34. The van der Waals surface area contributed by atoms with Gasteiger partial charge in [0.2, 0.25) is 0 Å². The molecule has 2 atom stereocenters. The van der Waals surface area contributed by atoms with Crippen molar-refractivity contribution in [1.29, 1.82) is 0 Å². The van der Waals surface area contributed by atoms with Crippen LogP contribution in [0, 0.1) is 0 Å². The van der Waals surface area contributed by atoms with Crippen LogP contribution in [0.1, 0.15) is 42.2 Å². The van der Waals surface area contributed by atoms with Crippen LogP contribution in [0.15, 0.2) is 47.1 Å². The van der Waals surface area contributed by atoms with E-state index in [1.807, 2.05) is 18.3 Å². The van der Waals surface area contributed by atoms with Crippen molar-refractivity contribution < 1.29 is 0 Å². The van der Waals surface area contributed by atoms with Gasteiger partial charge in [0.15, 0.2) is 0 Å². The van der Waals surface area contributed by atoms with Crippen LogP contribution < -0.4 is 5.32 Å². The molecule has 0 saturated heterocycles. The van der Waals surface area contributed by atoms with Gasteiger partial charge in [-0.2, -0.15) is 0 Å². The highest BCUT2D eigenvalue weighted by atomic mass is 79.9. The van der Waals surface area contributed by atoms with E-state index in [2.05, 4.69) is 57.4 Å². The van der Waals surface area contributed by atoms with Gasteiger partial charge >= 0.3 is 0 Å². The van der Waals surface area contributed by atoms with Crippen molar-refractivity contribution in [3.05, 3.63) is 63.9 Å². The summed E-state index contributed by atoms with van der Waals surface area (Å²) in [4.78, 5) is 4.42. The molecule has 0 amide bonds. The predicted octanol–water partition coefficient (Wildman–Crippen LogP) is 4.18. The first-order valence-electron chi connectivity index (χ1n) is 6.69. The third-order valence-electron chi connectivity index (χ3n) is 3.77. The first kappa shape index (κ1) is 12.8. The lowest BCUT2D eigenvalue weighted by atomic mass is 10.1. The van der Waals surface area contributed by atoms with Crippen LogP contribution in [0.5, 0.6) is 0 Å². The average Bonchev–Trinajstić information content (AvgIpc) is 2.82. The molecule has 0 saturated carbocycles. The largest absolute Gasteiger partial charge is 0.302 e. The Morgan fingerprint density at radius 3 is 3.00 bits per heavy atom. The summed E-state index contributed by atoms with van der Waals surface area (Å²) in [5, 5.41) is 3.69. The lowest BCUT2D eigenvalue weighted by molar-refractivity contribution is 0.458. The Morgan fingerprint density at radius 1 is 1.32 bits per heavy atom. The van der Waals surface area contributed by atoms with Gasteiger partial charge < -0.3 is 5.32 Å². The molecular weight excluding hydrogens is 300 g/mol. The average molecular weight is 317 g/mol. The maximum Gasteiger partial charge on any atom is 0.0570 e. The number of hydrogen-bond acceptors (Lipinski definition) is 2. The van der Waals surface area contributed by atoms with Gasteiger partial charge in [0.05, 0.1) is 5.69 Å². The van der Waals surface area contributed by atoms with E-state index >= 15 is 0 Å². The van der Waals surface area contributed by atoms with E-state index in [0.717, 1.165) is 12.1 Å². The Kier molecular flexibility index (Phi) is 3.67. The molecule has 1 heterocycles. The molecule has 98 valence electrons. The topological polar surface area (TPSA) is 24.9 Å². The van der Waals surface area contributed by atoms with E-state index in [1.165, 1.54) is 22.0 Å². The number of halogens is 1. The molecule has 3 heteroatoms. The minimum atomic E-state index is 0.279. The summed E-state index contributed by atoms with van der Waals surface area (Å²) in [6, 6.07) is 13.4. The zero-order valence-corrected chi connectivity index (χ0v) is 12.5. The zero-order chi connectivity index (χ0) is 13.2. The van der Waals surface area contributed by atoms with Gasteiger partial charge in [0.1, 0.15) is 0 Å². The molecule has 2 unspecified atom stereocenters. The van der Waals surface area contributed by atoms with Crippen LogP contribution in [-0.2, 0) is 6.42 Å². The van der Waals surface area contributed by atoms with Gasteiger partial charge in [-0.1, -0.05) is 28.1 Å². The second-order valence-electron chi connectivity index (χ2n) is 5.08. The van der Waals surface area contributed by atoms with Crippen LogP contribution in [0.4, 0.5) is 0 Å². The molecule has 0 aliphatic heterocycles. The normalized spacial score (nSPS) is 19.2. The van der Waals surface area contributed by atoms with E-state index in [0.29, 0.717) is 6.04 Å². The fraction of sp³-hybridized carbons (Fsp3) is 0.312. The Labute approximate surface area is 122 Å². The fourth-order valence-electron chi connectivity index (χ4n) is 2.78. The molecule has 19 heavy (non-hydrogen) atoms. The van der Waals surface area contributed by atoms with E-state index in [-0.39, 0.29) is 6.04 Å². The molecule has 2 nitrogen and oxygen atoms in total. The van der Waals surface area contributed by atoms with Gasteiger partial charge in [0, 0.05) is 22.8 Å². The van der Waals surface area contributed by atoms with E-state index in [4.69, 9.17) is 0 Å². The summed E-state index contributed by atoms with van der Waals surface area (Å²) < 4.78 is 1.17. The summed E-state index contributed by atoms with van der Waals surface area (Å²) in [5.74, 6) is 0. The highest BCUT2D eigenvalue weighted by Gasteiger charge is 2.24. The molecule has 0 fully saturated rings. The molecule has 0 spiro atoms. The van der Waals surface area contributed by atoms with Crippen molar-refractivity contribution in [3.63, 3.8) is 0 Å². The van der Waals surface area contributed by atoms with E-state index in [1.54, 1.807) is 0 Å². The minimum Gasteiger partial charge on any atom is -0.302 e. The summed E-state index contributed by atoms with van der Waals surface area (Å²) in [5.41, 5.74) is 4.00. The standard InChI is InChI=1S/C16H17BrN2/c1-11(15-4-2-3-9-18-15)19-16-8-5-12-10-13(17)6-7-14(12)16/h2-4,6-7,9-11,16,19H,5,8H2,1H3. The molecule has 0 radical (unpaired) electrons. The summed E-state index contributed by atoms with van der Waals surface area (Å²) >= 11 is 3.54. The summed E-state index contributed by atoms with van der Waals surface area (Å²) in [7, 11) is 0. The number of benzene rings is 1. The summed E-state index contributed by atoms with van der Waals surface area (Å²) in [6.45, 7) is 2.18. The van der Waals surface area contributed by atoms with Gasteiger partial charge in [-0.3, -0.25) is 4.98 Å². The third kappa shape index (κ3) is 2.72. The molecule has 1 aliphatic rings. The number of aryl methyl sites for hydroxylation is 1. The lowest BCUT2D eigenvalue weighted by Gasteiger charge is -2.20. The molecule has 2 aromatic rings. The fourth-order valence-corrected chi connectivity index (χ4v) is 3.19. The zero-order valence-electron chi connectivity index (χ0n) is 10.9. The number of pyridine rings is 1. The maximum absolute atomic E-state index is 4.42. The Hall–Kier alpha value is -1.19. The van der Waals surface area contributed by atoms with Crippen molar-refractivity contribution in [2.45, 2.75) is 31.8 Å². The monoisotopic (exact) mass is 316 g/mol. The predicted molar refractivity (Wildman–Crippen MR) is 81.0 cm³/mol. The van der Waals surface area contributed by atoms with Crippen LogP contribution >= 0.6 is 15.9 Å². The molecule has 1 aromatic heterocycles. The first-order valence-corrected chi connectivity index (χ1v) is 7.48. The van der Waals surface area contributed by atoms with Crippen LogP contribution in [0.2, 0.25) is 0 Å². The van der Waals surface area contributed by atoms with Gasteiger partial charge in [0.25, 0.3) is 0 Å². The Morgan fingerprint density at radius 2 is 2.21 bits per heavy atom. The second kappa shape index (κ2) is 5.43. The van der Waals surface area contributed by atoms with Gasteiger partial charge in [-0.15, -0.1) is 0 Å². The van der Waals surface area contributed by atoms with Crippen molar-refractivity contribution in [2.75, 3.05) is 0 Å². The first-order chi connectivity index (χ1) is 9.24. The van der Waals surface area contributed by atoms with Crippen LogP contribution in [0.25, 0.3) is 0 Å². The van der Waals surface area contributed by atoms with Crippen LogP contribution in [0.3, 0.4) is 0 Å². The molecule has 1 N–H and O–H groups in total. The molecule has 3 rings (SSSR count). The minimum absolute atomic E-state index is 0.279. The highest BCUT2D eigenvalue weighted by molar-refractivity contribution is 9.10. The molecule has 0 bridgehead atoms. The van der Waals surface area contributed by atoms with Crippen molar-refractivity contribution in [2.24, 2.45) is 0 Å². The number of nitrogens with one attached hydrogen (secondary N) is 1. The van der Waals surface area contributed by atoms with Crippen molar-refractivity contribution >= 4 is 15.9 Å². The van der Waals surface area contributed by atoms with Crippen molar-refractivity contribution in [3.8, 4) is 0 Å². The van der Waals surface area contributed by atoms with E-state index in [9.17, 15) is 0 Å². The molecule has 1 aromatic carbocycles.